The molecule has 0 amide bonds. The lowest BCUT2D eigenvalue weighted by Crippen LogP contribution is -2.10. The van der Waals surface area contributed by atoms with E-state index in [2.05, 4.69) is 10.3 Å². The molecule has 2 aromatic rings. The van der Waals surface area contributed by atoms with Crippen LogP contribution < -0.4 is 11.5 Å². The number of hydrogen-bond acceptors (Lipinski definition) is 6. The zero-order chi connectivity index (χ0) is 14.5. The Kier molecular flexibility index (Phi) is 4.31. The molecule has 1 aromatic heterocycles. The van der Waals surface area contributed by atoms with Gasteiger partial charge >= 0.3 is 5.97 Å². The standard InChI is InChI=1S/C13H17N5O2/c1-2-20-13(19)11-12(15)18(17-16-11)8-10-5-3-9(7-14)4-6-10/h3-6H,2,7-8,14-15H2,1H3. The predicted octanol–water partition coefficient (Wildman–Crippen LogP) is 0.544. The summed E-state index contributed by atoms with van der Waals surface area (Å²) < 4.78 is 6.32. The third-order valence-electron chi connectivity index (χ3n) is 2.83. The number of nitrogen functional groups attached to an aromatic ring is 1. The molecule has 0 spiro atoms. The van der Waals surface area contributed by atoms with Crippen LogP contribution in [0.1, 0.15) is 28.5 Å². The van der Waals surface area contributed by atoms with Crippen LogP contribution in [-0.2, 0) is 17.8 Å². The van der Waals surface area contributed by atoms with E-state index >= 15 is 0 Å². The maximum absolute atomic E-state index is 11.6. The molecular formula is C13H17N5O2. The molecule has 0 aliphatic rings. The van der Waals surface area contributed by atoms with Crippen LogP contribution in [0.5, 0.6) is 0 Å². The summed E-state index contributed by atoms with van der Waals surface area (Å²) in [6.07, 6.45) is 0. The number of hydrogen-bond donors (Lipinski definition) is 2. The number of rotatable bonds is 5. The van der Waals surface area contributed by atoms with Crippen molar-refractivity contribution in [1.82, 2.24) is 15.0 Å². The van der Waals surface area contributed by atoms with Crippen LogP contribution in [0, 0.1) is 0 Å². The van der Waals surface area contributed by atoms with Gasteiger partial charge in [0.05, 0.1) is 13.2 Å². The van der Waals surface area contributed by atoms with Crippen LogP contribution >= 0.6 is 0 Å². The third-order valence-corrected chi connectivity index (χ3v) is 2.83. The van der Waals surface area contributed by atoms with Crippen molar-refractivity contribution in [2.75, 3.05) is 12.3 Å². The first-order valence-electron chi connectivity index (χ1n) is 6.29. The third kappa shape index (κ3) is 2.94. The highest BCUT2D eigenvalue weighted by Gasteiger charge is 2.18. The smallest absolute Gasteiger partial charge is 0.362 e. The first kappa shape index (κ1) is 14.0. The Labute approximate surface area is 116 Å². The largest absolute Gasteiger partial charge is 0.461 e. The topological polar surface area (TPSA) is 109 Å². The lowest BCUT2D eigenvalue weighted by atomic mass is 10.1. The van der Waals surface area contributed by atoms with Gasteiger partial charge in [-0.3, -0.25) is 0 Å². The van der Waals surface area contributed by atoms with Gasteiger partial charge in [0.2, 0.25) is 5.69 Å². The summed E-state index contributed by atoms with van der Waals surface area (Å²) >= 11 is 0. The summed E-state index contributed by atoms with van der Waals surface area (Å²) in [5, 5.41) is 7.63. The minimum Gasteiger partial charge on any atom is -0.461 e. The Morgan fingerprint density at radius 2 is 1.95 bits per heavy atom. The molecule has 4 N–H and O–H groups in total. The molecule has 0 bridgehead atoms. The molecule has 2 rings (SSSR count). The molecule has 0 saturated carbocycles. The average Bonchev–Trinajstić information content (AvgIpc) is 2.81. The quantitative estimate of drug-likeness (QED) is 0.771. The number of esters is 1. The number of nitrogens with zero attached hydrogens (tertiary/aromatic N) is 3. The SMILES string of the molecule is CCOC(=O)c1nnn(Cc2ccc(CN)cc2)c1N. The van der Waals surface area contributed by atoms with E-state index in [1.54, 1.807) is 6.92 Å². The number of ether oxygens (including phenoxy) is 1. The van der Waals surface area contributed by atoms with Gasteiger partial charge in [0.1, 0.15) is 0 Å². The molecule has 20 heavy (non-hydrogen) atoms. The zero-order valence-electron chi connectivity index (χ0n) is 11.2. The van der Waals surface area contributed by atoms with Crippen molar-refractivity contribution in [2.45, 2.75) is 20.0 Å². The second-order valence-electron chi connectivity index (χ2n) is 4.22. The molecule has 0 saturated heterocycles. The monoisotopic (exact) mass is 275 g/mol. The summed E-state index contributed by atoms with van der Waals surface area (Å²) in [7, 11) is 0. The van der Waals surface area contributed by atoms with E-state index in [1.165, 1.54) is 4.68 Å². The minimum absolute atomic E-state index is 0.0467. The van der Waals surface area contributed by atoms with Crippen molar-refractivity contribution in [3.63, 3.8) is 0 Å². The fraction of sp³-hybridized carbons (Fsp3) is 0.308. The van der Waals surface area contributed by atoms with E-state index in [4.69, 9.17) is 16.2 Å². The number of carbonyl (C=O) groups excluding carboxylic acids is 1. The highest BCUT2D eigenvalue weighted by Crippen LogP contribution is 2.12. The highest BCUT2D eigenvalue weighted by molar-refractivity contribution is 5.91. The number of nitrogens with two attached hydrogens (primary N) is 2. The van der Waals surface area contributed by atoms with Crippen LogP contribution in [0.15, 0.2) is 24.3 Å². The van der Waals surface area contributed by atoms with Crippen LogP contribution in [-0.4, -0.2) is 27.6 Å². The summed E-state index contributed by atoms with van der Waals surface area (Å²) in [5.41, 5.74) is 13.5. The van der Waals surface area contributed by atoms with Crippen LogP contribution in [0.3, 0.4) is 0 Å². The number of aromatic nitrogens is 3. The fourth-order valence-electron chi connectivity index (χ4n) is 1.74. The zero-order valence-corrected chi connectivity index (χ0v) is 11.2. The van der Waals surface area contributed by atoms with E-state index in [1.807, 2.05) is 24.3 Å². The van der Waals surface area contributed by atoms with E-state index in [9.17, 15) is 4.79 Å². The van der Waals surface area contributed by atoms with Crippen molar-refractivity contribution in [1.29, 1.82) is 0 Å². The van der Waals surface area contributed by atoms with Gasteiger partial charge in [-0.1, -0.05) is 29.5 Å². The van der Waals surface area contributed by atoms with Gasteiger partial charge in [0.25, 0.3) is 0 Å². The molecule has 0 unspecified atom stereocenters. The van der Waals surface area contributed by atoms with E-state index < -0.39 is 5.97 Å². The predicted molar refractivity (Wildman–Crippen MR) is 73.8 cm³/mol. The maximum atomic E-state index is 11.6. The Morgan fingerprint density at radius 3 is 2.55 bits per heavy atom. The van der Waals surface area contributed by atoms with Gasteiger partial charge in [0.15, 0.2) is 5.82 Å². The number of benzene rings is 1. The van der Waals surface area contributed by atoms with E-state index in [-0.39, 0.29) is 18.1 Å². The molecule has 106 valence electrons. The molecule has 7 heteroatoms. The minimum atomic E-state index is -0.560. The second-order valence-corrected chi connectivity index (χ2v) is 4.22. The Balaban J connectivity index is 2.15. The van der Waals surface area contributed by atoms with Crippen molar-refractivity contribution in [3.05, 3.63) is 41.1 Å². The van der Waals surface area contributed by atoms with Gasteiger partial charge < -0.3 is 16.2 Å². The van der Waals surface area contributed by atoms with Crippen LogP contribution in [0.4, 0.5) is 5.82 Å². The first-order valence-corrected chi connectivity index (χ1v) is 6.29. The summed E-state index contributed by atoms with van der Waals surface area (Å²) in [5.74, 6) is -0.360. The van der Waals surface area contributed by atoms with Crippen molar-refractivity contribution in [2.24, 2.45) is 5.73 Å². The molecule has 0 aliphatic heterocycles. The summed E-state index contributed by atoms with van der Waals surface area (Å²) in [6.45, 7) is 2.92. The van der Waals surface area contributed by atoms with E-state index in [0.29, 0.717) is 13.1 Å². The Morgan fingerprint density at radius 1 is 1.30 bits per heavy atom. The lowest BCUT2D eigenvalue weighted by molar-refractivity contribution is 0.0520. The molecule has 0 fully saturated rings. The Hall–Kier alpha value is -2.41. The first-order chi connectivity index (χ1) is 9.65. The van der Waals surface area contributed by atoms with Crippen LogP contribution in [0.2, 0.25) is 0 Å². The van der Waals surface area contributed by atoms with Crippen molar-refractivity contribution in [3.8, 4) is 0 Å². The summed E-state index contributed by atoms with van der Waals surface area (Å²) in [6, 6.07) is 7.75. The maximum Gasteiger partial charge on any atom is 0.362 e. The lowest BCUT2D eigenvalue weighted by Gasteiger charge is -2.05. The molecular weight excluding hydrogens is 258 g/mol. The highest BCUT2D eigenvalue weighted by atomic mass is 16.5. The Bertz CT molecular complexity index is 591. The molecule has 1 aromatic carbocycles. The molecule has 0 aliphatic carbocycles. The van der Waals surface area contributed by atoms with Gasteiger partial charge in [-0.25, -0.2) is 9.48 Å². The van der Waals surface area contributed by atoms with Gasteiger partial charge in [-0.15, -0.1) is 5.10 Å². The average molecular weight is 275 g/mol. The molecule has 0 atom stereocenters. The van der Waals surface area contributed by atoms with Gasteiger partial charge in [-0.2, -0.15) is 0 Å². The molecule has 1 heterocycles. The second kappa shape index (κ2) is 6.16. The van der Waals surface area contributed by atoms with Crippen molar-refractivity contribution >= 4 is 11.8 Å². The molecule has 0 radical (unpaired) electrons. The van der Waals surface area contributed by atoms with E-state index in [0.717, 1.165) is 11.1 Å². The van der Waals surface area contributed by atoms with Gasteiger partial charge in [-0.05, 0) is 18.1 Å². The number of anilines is 1. The normalized spacial score (nSPS) is 10.5. The van der Waals surface area contributed by atoms with Crippen molar-refractivity contribution < 1.29 is 9.53 Å². The summed E-state index contributed by atoms with van der Waals surface area (Å²) in [4.78, 5) is 11.6. The van der Waals surface area contributed by atoms with Gasteiger partial charge in [0, 0.05) is 6.54 Å². The number of carbonyl (C=O) groups is 1. The van der Waals surface area contributed by atoms with Crippen LogP contribution in [0.25, 0.3) is 0 Å². The molecule has 7 nitrogen and oxygen atoms in total. The fourth-order valence-corrected chi connectivity index (χ4v) is 1.74.